The van der Waals surface area contributed by atoms with Gasteiger partial charge in [0.15, 0.2) is 0 Å². The highest BCUT2D eigenvalue weighted by molar-refractivity contribution is 7.10. The Kier molecular flexibility index (Phi) is 5.02. The summed E-state index contributed by atoms with van der Waals surface area (Å²) in [6.07, 6.45) is 3.51. The molecule has 1 amide bonds. The van der Waals surface area contributed by atoms with Gasteiger partial charge in [0.25, 0.3) is 0 Å². The molecule has 0 saturated heterocycles. The molecular formula is C21H24N2O3S. The SMILES string of the molecule is COC(=O)c1ccc(C)c(NC(=O)CN2CCc3sccc3[C@@H]2C2CC2)c1. The molecule has 1 aliphatic carbocycles. The lowest BCUT2D eigenvalue weighted by molar-refractivity contribution is -0.118. The molecule has 27 heavy (non-hydrogen) atoms. The van der Waals surface area contributed by atoms with Crippen LogP contribution in [0.4, 0.5) is 5.69 Å². The number of thiophene rings is 1. The predicted octanol–water partition coefficient (Wildman–Crippen LogP) is 3.79. The summed E-state index contributed by atoms with van der Waals surface area (Å²) in [5, 5.41) is 5.16. The maximum absolute atomic E-state index is 12.8. The highest BCUT2D eigenvalue weighted by atomic mass is 32.1. The Morgan fingerprint density at radius 1 is 1.30 bits per heavy atom. The first-order valence-corrected chi connectivity index (χ1v) is 10.2. The van der Waals surface area contributed by atoms with Crippen molar-refractivity contribution in [1.82, 2.24) is 4.90 Å². The summed E-state index contributed by atoms with van der Waals surface area (Å²) in [6, 6.07) is 7.82. The molecule has 0 spiro atoms. The lowest BCUT2D eigenvalue weighted by Gasteiger charge is -2.35. The fourth-order valence-electron chi connectivity index (χ4n) is 3.92. The van der Waals surface area contributed by atoms with Crippen molar-refractivity contribution in [3.05, 3.63) is 51.2 Å². The summed E-state index contributed by atoms with van der Waals surface area (Å²) in [7, 11) is 1.35. The topological polar surface area (TPSA) is 58.6 Å². The van der Waals surface area contributed by atoms with E-state index in [2.05, 4.69) is 21.7 Å². The van der Waals surface area contributed by atoms with Crippen molar-refractivity contribution in [3.63, 3.8) is 0 Å². The molecule has 0 unspecified atom stereocenters. The number of esters is 1. The molecule has 1 aromatic heterocycles. The van der Waals surface area contributed by atoms with Crippen molar-refractivity contribution in [2.24, 2.45) is 5.92 Å². The van der Waals surface area contributed by atoms with Crippen molar-refractivity contribution in [2.45, 2.75) is 32.2 Å². The van der Waals surface area contributed by atoms with E-state index in [1.165, 1.54) is 30.4 Å². The first-order valence-electron chi connectivity index (χ1n) is 9.36. The van der Waals surface area contributed by atoms with Crippen LogP contribution in [0.15, 0.2) is 29.6 Å². The highest BCUT2D eigenvalue weighted by Crippen LogP contribution is 2.48. The molecule has 0 radical (unpaired) electrons. The fourth-order valence-corrected chi connectivity index (χ4v) is 4.83. The molecule has 142 valence electrons. The Bertz CT molecular complexity index is 872. The largest absolute Gasteiger partial charge is 0.465 e. The van der Waals surface area contributed by atoms with Gasteiger partial charge in [0.2, 0.25) is 5.91 Å². The number of hydrogen-bond acceptors (Lipinski definition) is 5. The first kappa shape index (κ1) is 18.2. The predicted molar refractivity (Wildman–Crippen MR) is 106 cm³/mol. The second kappa shape index (κ2) is 7.44. The van der Waals surface area contributed by atoms with Crippen molar-refractivity contribution >= 4 is 28.9 Å². The number of amides is 1. The van der Waals surface area contributed by atoms with Crippen molar-refractivity contribution < 1.29 is 14.3 Å². The van der Waals surface area contributed by atoms with Crippen LogP contribution in [0, 0.1) is 12.8 Å². The number of fused-ring (bicyclic) bond motifs is 1. The molecule has 5 nitrogen and oxygen atoms in total. The maximum atomic E-state index is 12.8. The van der Waals surface area contributed by atoms with Gasteiger partial charge >= 0.3 is 5.97 Å². The number of methoxy groups -OCH3 is 1. The summed E-state index contributed by atoms with van der Waals surface area (Å²) in [5.41, 5.74) is 3.45. The average molecular weight is 385 g/mol. The summed E-state index contributed by atoms with van der Waals surface area (Å²) in [4.78, 5) is 28.3. The zero-order valence-corrected chi connectivity index (χ0v) is 16.5. The number of carbonyl (C=O) groups excluding carboxylic acids is 2. The van der Waals surface area contributed by atoms with Crippen molar-refractivity contribution in [2.75, 3.05) is 25.5 Å². The Morgan fingerprint density at radius 2 is 2.11 bits per heavy atom. The molecule has 2 aromatic rings. The van der Waals surface area contributed by atoms with E-state index in [-0.39, 0.29) is 5.91 Å². The molecule has 1 aromatic carbocycles. The number of benzene rings is 1. The quantitative estimate of drug-likeness (QED) is 0.797. The molecule has 4 rings (SSSR count). The normalized spacial score (nSPS) is 19.4. The van der Waals surface area contributed by atoms with Gasteiger partial charge in [-0.3, -0.25) is 9.69 Å². The molecule has 1 fully saturated rings. The molecule has 6 heteroatoms. The van der Waals surface area contributed by atoms with E-state index in [0.29, 0.717) is 29.8 Å². The Labute approximate surface area is 163 Å². The van der Waals surface area contributed by atoms with Crippen LogP contribution in [0.5, 0.6) is 0 Å². The third-order valence-electron chi connectivity index (χ3n) is 5.47. The van der Waals surface area contributed by atoms with Crippen molar-refractivity contribution in [3.8, 4) is 0 Å². The summed E-state index contributed by atoms with van der Waals surface area (Å²) in [5.74, 6) is 0.237. The second-order valence-electron chi connectivity index (χ2n) is 7.37. The number of carbonyl (C=O) groups is 2. The van der Waals surface area contributed by atoms with Crippen LogP contribution in [-0.2, 0) is 16.0 Å². The van der Waals surface area contributed by atoms with Gasteiger partial charge in [0, 0.05) is 23.2 Å². The smallest absolute Gasteiger partial charge is 0.337 e. The van der Waals surface area contributed by atoms with Crippen LogP contribution < -0.4 is 5.32 Å². The monoisotopic (exact) mass is 384 g/mol. The zero-order chi connectivity index (χ0) is 19.0. The van der Waals surface area contributed by atoms with Gasteiger partial charge in [-0.1, -0.05) is 6.07 Å². The van der Waals surface area contributed by atoms with Crippen LogP contribution in [-0.4, -0.2) is 37.0 Å². The number of nitrogens with one attached hydrogen (secondary N) is 1. The minimum atomic E-state index is -0.402. The lowest BCUT2D eigenvalue weighted by Crippen LogP contribution is -2.41. The van der Waals surface area contributed by atoms with Crippen LogP contribution in [0.25, 0.3) is 0 Å². The van der Waals surface area contributed by atoms with Gasteiger partial charge in [-0.15, -0.1) is 11.3 Å². The maximum Gasteiger partial charge on any atom is 0.337 e. The molecular weight excluding hydrogens is 360 g/mol. The third-order valence-corrected chi connectivity index (χ3v) is 6.46. The number of ether oxygens (including phenoxy) is 1. The minimum Gasteiger partial charge on any atom is -0.465 e. The Hall–Kier alpha value is -2.18. The van der Waals surface area contributed by atoms with Crippen LogP contribution in [0.2, 0.25) is 0 Å². The van der Waals surface area contributed by atoms with Crippen molar-refractivity contribution in [1.29, 1.82) is 0 Å². The number of anilines is 1. The van der Waals surface area contributed by atoms with Gasteiger partial charge in [-0.05, 0) is 66.8 Å². The van der Waals surface area contributed by atoms with E-state index in [0.717, 1.165) is 18.5 Å². The third kappa shape index (κ3) is 3.77. The average Bonchev–Trinajstić information content (AvgIpc) is 3.38. The Balaban J connectivity index is 1.47. The van der Waals surface area contributed by atoms with Gasteiger partial charge in [0.1, 0.15) is 0 Å². The van der Waals surface area contributed by atoms with Crippen LogP contribution >= 0.6 is 11.3 Å². The summed E-state index contributed by atoms with van der Waals surface area (Å²) < 4.78 is 4.77. The Morgan fingerprint density at radius 3 is 2.85 bits per heavy atom. The van der Waals surface area contributed by atoms with Crippen LogP contribution in [0.1, 0.15) is 45.2 Å². The highest BCUT2D eigenvalue weighted by Gasteiger charge is 2.40. The van der Waals surface area contributed by atoms with Gasteiger partial charge in [0.05, 0.1) is 19.2 Å². The number of rotatable bonds is 5. The van der Waals surface area contributed by atoms with E-state index < -0.39 is 5.97 Å². The zero-order valence-electron chi connectivity index (χ0n) is 15.7. The number of hydrogen-bond donors (Lipinski definition) is 1. The molecule has 2 aliphatic rings. The molecule has 1 N–H and O–H groups in total. The van der Waals surface area contributed by atoms with E-state index >= 15 is 0 Å². The van der Waals surface area contributed by atoms with Gasteiger partial charge < -0.3 is 10.1 Å². The van der Waals surface area contributed by atoms with Gasteiger partial charge in [-0.25, -0.2) is 4.79 Å². The van der Waals surface area contributed by atoms with Crippen LogP contribution in [0.3, 0.4) is 0 Å². The van der Waals surface area contributed by atoms with E-state index in [1.807, 2.05) is 24.3 Å². The molecule has 1 atom stereocenters. The summed E-state index contributed by atoms with van der Waals surface area (Å²) >= 11 is 1.84. The second-order valence-corrected chi connectivity index (χ2v) is 8.37. The van der Waals surface area contributed by atoms with E-state index in [4.69, 9.17) is 4.74 Å². The fraction of sp³-hybridized carbons (Fsp3) is 0.429. The minimum absolute atomic E-state index is 0.0376. The van der Waals surface area contributed by atoms with Gasteiger partial charge in [-0.2, -0.15) is 0 Å². The molecule has 0 bridgehead atoms. The lowest BCUT2D eigenvalue weighted by atomic mass is 9.96. The van der Waals surface area contributed by atoms with E-state index in [1.54, 1.807) is 12.1 Å². The molecule has 2 heterocycles. The molecule has 1 aliphatic heterocycles. The number of aryl methyl sites for hydroxylation is 1. The molecule has 1 saturated carbocycles. The number of nitrogens with zero attached hydrogens (tertiary/aromatic N) is 1. The van der Waals surface area contributed by atoms with E-state index in [9.17, 15) is 9.59 Å². The standard InChI is InChI=1S/C21H24N2O3S/c1-13-3-4-15(21(25)26-2)11-17(13)22-19(24)12-23-9-7-18-16(8-10-27-18)20(23)14-5-6-14/h3-4,8,10-11,14,20H,5-7,9,12H2,1-2H3,(H,22,24)/t20-/m0/s1. The summed E-state index contributed by atoms with van der Waals surface area (Å²) in [6.45, 7) is 3.21. The first-order chi connectivity index (χ1) is 13.1.